The maximum Gasteiger partial charge on any atom is 0.231 e. The van der Waals surface area contributed by atoms with Crippen LogP contribution in [-0.2, 0) is 4.74 Å². The van der Waals surface area contributed by atoms with Crippen molar-refractivity contribution < 1.29 is 49.6 Å². The predicted octanol–water partition coefficient (Wildman–Crippen LogP) is -0.107. The molecular weight excluding hydrogens is 412 g/mol. The van der Waals surface area contributed by atoms with Crippen LogP contribution in [0.5, 0.6) is 23.0 Å². The molecule has 0 spiro atoms. The number of ether oxygens (including phenoxy) is 3. The lowest BCUT2D eigenvalue weighted by Gasteiger charge is -2.39. The zero-order valence-corrected chi connectivity index (χ0v) is 16.0. The molecule has 4 rings (SSSR count). The Morgan fingerprint density at radius 2 is 1.74 bits per heavy atom. The van der Waals surface area contributed by atoms with Gasteiger partial charge in [-0.1, -0.05) is 6.07 Å². The third-order valence-electron chi connectivity index (χ3n) is 5.04. The van der Waals surface area contributed by atoms with Crippen molar-refractivity contribution >= 4 is 11.9 Å². The molecule has 1 saturated heterocycles. The SMILES string of the molecule is O=C1C(=Cc2ccc(O)c(O)c2)Oc2cc(O[C@H]3O[C@@H](CO)[C@H](O)[C@H](O)[C@@H]3O)ccc21. The van der Waals surface area contributed by atoms with Gasteiger partial charge in [0.1, 0.15) is 35.9 Å². The second-order valence-corrected chi connectivity index (χ2v) is 7.16. The summed E-state index contributed by atoms with van der Waals surface area (Å²) in [5.41, 5.74) is 0.694. The van der Waals surface area contributed by atoms with Crippen molar-refractivity contribution in [1.82, 2.24) is 0 Å². The minimum absolute atomic E-state index is 0.00919. The van der Waals surface area contributed by atoms with E-state index >= 15 is 0 Å². The van der Waals surface area contributed by atoms with Crippen molar-refractivity contribution in [2.45, 2.75) is 30.7 Å². The highest BCUT2D eigenvalue weighted by Crippen LogP contribution is 2.36. The van der Waals surface area contributed by atoms with E-state index < -0.39 is 43.1 Å². The summed E-state index contributed by atoms with van der Waals surface area (Å²) in [6, 6.07) is 8.33. The van der Waals surface area contributed by atoms with Crippen molar-refractivity contribution in [3.8, 4) is 23.0 Å². The van der Waals surface area contributed by atoms with Crippen molar-refractivity contribution in [1.29, 1.82) is 0 Å². The van der Waals surface area contributed by atoms with E-state index in [9.17, 15) is 35.4 Å². The summed E-state index contributed by atoms with van der Waals surface area (Å²) in [7, 11) is 0. The van der Waals surface area contributed by atoms with Gasteiger partial charge in [0.15, 0.2) is 17.3 Å². The maximum absolute atomic E-state index is 12.6. The molecule has 6 N–H and O–H groups in total. The summed E-state index contributed by atoms with van der Waals surface area (Å²) in [5, 5.41) is 58.0. The van der Waals surface area contributed by atoms with Crippen LogP contribution in [0.4, 0.5) is 0 Å². The molecule has 0 aromatic heterocycles. The number of hydrogen-bond acceptors (Lipinski definition) is 10. The van der Waals surface area contributed by atoms with E-state index in [0.717, 1.165) is 0 Å². The Hall–Kier alpha value is -3.15. The van der Waals surface area contributed by atoms with Crippen molar-refractivity contribution in [2.75, 3.05) is 6.61 Å². The number of carbonyl (C=O) groups is 1. The van der Waals surface area contributed by atoms with Gasteiger partial charge in [0, 0.05) is 6.07 Å². The lowest BCUT2D eigenvalue weighted by atomic mass is 9.99. The number of hydrogen-bond donors (Lipinski definition) is 6. The molecule has 2 aliphatic rings. The number of fused-ring (bicyclic) bond motifs is 1. The quantitative estimate of drug-likeness (QED) is 0.283. The second kappa shape index (κ2) is 8.17. The first-order chi connectivity index (χ1) is 14.8. The Morgan fingerprint density at radius 3 is 2.45 bits per heavy atom. The average Bonchev–Trinajstić information content (AvgIpc) is 3.05. The van der Waals surface area contributed by atoms with Crippen LogP contribution in [0.2, 0.25) is 0 Å². The molecule has 5 atom stereocenters. The Kier molecular flexibility index (Phi) is 5.56. The van der Waals surface area contributed by atoms with Gasteiger partial charge >= 0.3 is 0 Å². The molecule has 0 radical (unpaired) electrons. The van der Waals surface area contributed by atoms with E-state index in [1.807, 2.05) is 0 Å². The Labute approximate surface area is 175 Å². The van der Waals surface area contributed by atoms with Gasteiger partial charge in [-0.05, 0) is 35.9 Å². The lowest BCUT2D eigenvalue weighted by Crippen LogP contribution is -2.60. The summed E-state index contributed by atoms with van der Waals surface area (Å²) in [5.74, 6) is -0.709. The number of phenolic OH excluding ortho intramolecular Hbond substituents is 2. The molecule has 2 aromatic rings. The molecule has 0 aliphatic carbocycles. The topological polar surface area (TPSA) is 166 Å². The highest BCUT2D eigenvalue weighted by molar-refractivity contribution is 6.14. The van der Waals surface area contributed by atoms with E-state index in [0.29, 0.717) is 5.56 Å². The van der Waals surface area contributed by atoms with Crippen LogP contribution in [0, 0.1) is 0 Å². The van der Waals surface area contributed by atoms with E-state index in [4.69, 9.17) is 14.2 Å². The number of rotatable bonds is 4. The monoisotopic (exact) mass is 432 g/mol. The highest BCUT2D eigenvalue weighted by atomic mass is 16.7. The molecule has 0 saturated carbocycles. The summed E-state index contributed by atoms with van der Waals surface area (Å²) in [4.78, 5) is 12.6. The third-order valence-corrected chi connectivity index (χ3v) is 5.04. The molecule has 10 heteroatoms. The molecule has 31 heavy (non-hydrogen) atoms. The number of ketones is 1. The first kappa shape index (κ1) is 21.1. The van der Waals surface area contributed by atoms with Crippen LogP contribution >= 0.6 is 0 Å². The van der Waals surface area contributed by atoms with Crippen molar-refractivity contribution in [2.24, 2.45) is 0 Å². The largest absolute Gasteiger partial charge is 0.504 e. The highest BCUT2D eigenvalue weighted by Gasteiger charge is 2.44. The van der Waals surface area contributed by atoms with E-state index in [2.05, 4.69) is 0 Å². The van der Waals surface area contributed by atoms with Crippen LogP contribution < -0.4 is 9.47 Å². The van der Waals surface area contributed by atoms with Crippen LogP contribution in [0.15, 0.2) is 42.2 Å². The number of phenols is 2. The molecule has 10 nitrogen and oxygen atoms in total. The Bertz CT molecular complexity index is 1030. The zero-order valence-electron chi connectivity index (χ0n) is 16.0. The Morgan fingerprint density at radius 1 is 0.968 bits per heavy atom. The van der Waals surface area contributed by atoms with Gasteiger partial charge in [-0.25, -0.2) is 0 Å². The van der Waals surface area contributed by atoms with E-state index in [-0.39, 0.29) is 34.3 Å². The number of allylic oxidation sites excluding steroid dienone is 1. The number of aliphatic hydroxyl groups is 4. The van der Waals surface area contributed by atoms with Gasteiger partial charge in [-0.15, -0.1) is 0 Å². The normalized spacial score (nSPS) is 29.0. The lowest BCUT2D eigenvalue weighted by molar-refractivity contribution is -0.277. The molecule has 0 bridgehead atoms. The van der Waals surface area contributed by atoms with E-state index in [1.165, 1.54) is 42.5 Å². The molecule has 164 valence electrons. The van der Waals surface area contributed by atoms with Crippen LogP contribution in [-0.4, -0.2) is 73.7 Å². The zero-order chi connectivity index (χ0) is 22.3. The van der Waals surface area contributed by atoms with Gasteiger partial charge in [0.25, 0.3) is 0 Å². The third kappa shape index (κ3) is 3.94. The van der Waals surface area contributed by atoms with Gasteiger partial charge in [-0.2, -0.15) is 0 Å². The molecule has 1 fully saturated rings. The number of aliphatic hydroxyl groups excluding tert-OH is 4. The number of Topliss-reactive ketones (excluding diaryl/α,β-unsaturated/α-hetero) is 1. The van der Waals surface area contributed by atoms with Gasteiger partial charge in [-0.3, -0.25) is 4.79 Å². The number of benzene rings is 2. The van der Waals surface area contributed by atoms with Gasteiger partial charge < -0.3 is 44.8 Å². The first-order valence-electron chi connectivity index (χ1n) is 9.36. The smallest absolute Gasteiger partial charge is 0.231 e. The van der Waals surface area contributed by atoms with Gasteiger partial charge in [0.2, 0.25) is 12.1 Å². The molecule has 2 aromatic carbocycles. The molecule has 2 heterocycles. The fourth-order valence-corrected chi connectivity index (χ4v) is 3.32. The summed E-state index contributed by atoms with van der Waals surface area (Å²) in [6.07, 6.45) is -5.76. The predicted molar refractivity (Wildman–Crippen MR) is 104 cm³/mol. The molecule has 0 unspecified atom stereocenters. The first-order valence-corrected chi connectivity index (χ1v) is 9.36. The number of carbonyl (C=O) groups excluding carboxylic acids is 1. The van der Waals surface area contributed by atoms with Gasteiger partial charge in [0.05, 0.1) is 12.2 Å². The molecule has 0 amide bonds. The van der Waals surface area contributed by atoms with Crippen LogP contribution in [0.25, 0.3) is 6.08 Å². The Balaban J connectivity index is 1.53. The fraction of sp³-hybridized carbons (Fsp3) is 0.286. The fourth-order valence-electron chi connectivity index (χ4n) is 3.32. The van der Waals surface area contributed by atoms with Crippen molar-refractivity contribution in [3.63, 3.8) is 0 Å². The van der Waals surface area contributed by atoms with Crippen molar-refractivity contribution in [3.05, 3.63) is 53.3 Å². The second-order valence-electron chi connectivity index (χ2n) is 7.16. The van der Waals surface area contributed by atoms with Crippen LogP contribution in [0.3, 0.4) is 0 Å². The molecular formula is C21H20O10. The standard InChI is InChI=1S/C21H20O10/c22-8-16-18(26)19(27)20(28)21(31-16)29-10-2-3-11-14(7-10)30-15(17(11)25)6-9-1-4-12(23)13(24)5-9/h1-7,16,18-24,26-28H,8H2/t16-,18-,19-,20-,21-/m0/s1. The summed E-state index contributed by atoms with van der Waals surface area (Å²) < 4.78 is 16.4. The molecule has 2 aliphatic heterocycles. The summed E-state index contributed by atoms with van der Waals surface area (Å²) in [6.45, 7) is -0.590. The number of aromatic hydroxyl groups is 2. The van der Waals surface area contributed by atoms with Crippen LogP contribution in [0.1, 0.15) is 15.9 Å². The maximum atomic E-state index is 12.6. The van der Waals surface area contributed by atoms with E-state index in [1.54, 1.807) is 0 Å². The minimum Gasteiger partial charge on any atom is -0.504 e. The average molecular weight is 432 g/mol. The summed E-state index contributed by atoms with van der Waals surface area (Å²) >= 11 is 0. The minimum atomic E-state index is -1.58.